The maximum atomic E-state index is 11.7. The third-order valence-corrected chi connectivity index (χ3v) is 3.49. The van der Waals surface area contributed by atoms with E-state index in [2.05, 4.69) is 17.6 Å². The van der Waals surface area contributed by atoms with Crippen LogP contribution in [0, 0.1) is 11.3 Å². The van der Waals surface area contributed by atoms with Crippen molar-refractivity contribution < 1.29 is 4.79 Å². The number of rotatable bonds is 8. The van der Waals surface area contributed by atoms with Gasteiger partial charge in [-0.3, -0.25) is 4.79 Å². The Kier molecular flexibility index (Phi) is 7.76. The van der Waals surface area contributed by atoms with Crippen molar-refractivity contribution in [2.24, 2.45) is 0 Å². The fourth-order valence-electron chi connectivity index (χ4n) is 1.72. The number of nitrogens with zero attached hydrogens (tertiary/aromatic N) is 1. The molecule has 0 saturated heterocycles. The molecule has 0 heterocycles. The number of hydrogen-bond donors (Lipinski definition) is 1. The summed E-state index contributed by atoms with van der Waals surface area (Å²) in [6.07, 6.45) is 5.92. The van der Waals surface area contributed by atoms with Gasteiger partial charge in [-0.25, -0.2) is 0 Å². The van der Waals surface area contributed by atoms with Crippen molar-refractivity contribution in [2.75, 3.05) is 18.6 Å². The van der Waals surface area contributed by atoms with Crippen LogP contribution in [0.25, 0.3) is 0 Å². The Labute approximate surface area is 119 Å². The van der Waals surface area contributed by atoms with Gasteiger partial charge in [0, 0.05) is 6.54 Å². The molecule has 0 saturated carbocycles. The van der Waals surface area contributed by atoms with Gasteiger partial charge in [-0.15, -0.1) is 0 Å². The first-order valence-electron chi connectivity index (χ1n) is 6.51. The van der Waals surface area contributed by atoms with E-state index in [4.69, 9.17) is 5.26 Å². The van der Waals surface area contributed by atoms with Crippen LogP contribution in [0.1, 0.15) is 30.4 Å². The summed E-state index contributed by atoms with van der Waals surface area (Å²) in [6.45, 7) is 0.753. The summed E-state index contributed by atoms with van der Waals surface area (Å²) >= 11 is 1.86. The molecule has 1 N–H and O–H groups in total. The largest absolute Gasteiger partial charge is 0.356 e. The van der Waals surface area contributed by atoms with Crippen LogP contribution in [-0.4, -0.2) is 24.5 Å². The van der Waals surface area contributed by atoms with E-state index in [1.165, 1.54) is 12.2 Å². The third-order valence-electron chi connectivity index (χ3n) is 2.80. The topological polar surface area (TPSA) is 52.9 Å². The van der Waals surface area contributed by atoms with Crippen molar-refractivity contribution >= 4 is 17.7 Å². The Morgan fingerprint density at radius 1 is 1.26 bits per heavy atom. The number of unbranched alkanes of at least 4 members (excludes halogenated alkanes) is 2. The highest BCUT2D eigenvalue weighted by atomic mass is 32.2. The lowest BCUT2D eigenvalue weighted by molar-refractivity contribution is -0.120. The molecule has 0 radical (unpaired) electrons. The minimum atomic E-state index is 0.0505. The highest BCUT2D eigenvalue weighted by molar-refractivity contribution is 7.98. The van der Waals surface area contributed by atoms with Gasteiger partial charge >= 0.3 is 0 Å². The van der Waals surface area contributed by atoms with Crippen molar-refractivity contribution in [3.05, 3.63) is 35.4 Å². The van der Waals surface area contributed by atoms with E-state index in [9.17, 15) is 4.79 Å². The van der Waals surface area contributed by atoms with Crippen LogP contribution < -0.4 is 5.32 Å². The van der Waals surface area contributed by atoms with Gasteiger partial charge in [0.05, 0.1) is 18.1 Å². The molecular formula is C15H20N2OS. The molecule has 4 heteroatoms. The quantitative estimate of drug-likeness (QED) is 0.743. The molecule has 0 aliphatic carbocycles. The van der Waals surface area contributed by atoms with Crippen LogP contribution in [0.4, 0.5) is 0 Å². The maximum Gasteiger partial charge on any atom is 0.224 e. The number of amides is 1. The second kappa shape index (κ2) is 9.46. The molecule has 0 fully saturated rings. The monoisotopic (exact) mass is 276 g/mol. The smallest absolute Gasteiger partial charge is 0.224 e. The minimum Gasteiger partial charge on any atom is -0.356 e. The van der Waals surface area contributed by atoms with Crippen LogP contribution in [0.5, 0.6) is 0 Å². The average molecular weight is 276 g/mol. The average Bonchev–Trinajstić information content (AvgIpc) is 2.43. The molecule has 1 aromatic carbocycles. The summed E-state index contributed by atoms with van der Waals surface area (Å²) in [6, 6.07) is 9.21. The number of nitrogens with one attached hydrogen (secondary N) is 1. The molecule has 0 aliphatic heterocycles. The molecule has 3 nitrogen and oxygen atoms in total. The zero-order valence-electron chi connectivity index (χ0n) is 11.3. The minimum absolute atomic E-state index is 0.0505. The van der Waals surface area contributed by atoms with Gasteiger partial charge in [0.15, 0.2) is 0 Å². The lowest BCUT2D eigenvalue weighted by Crippen LogP contribution is -2.26. The van der Waals surface area contributed by atoms with Gasteiger partial charge in [-0.05, 0) is 42.5 Å². The van der Waals surface area contributed by atoms with Crippen molar-refractivity contribution in [1.29, 1.82) is 5.26 Å². The number of hydrogen-bond acceptors (Lipinski definition) is 3. The summed E-state index contributed by atoms with van der Waals surface area (Å²) < 4.78 is 0. The Morgan fingerprint density at radius 2 is 2.00 bits per heavy atom. The van der Waals surface area contributed by atoms with Gasteiger partial charge in [0.25, 0.3) is 0 Å². The SMILES string of the molecule is CSCCCCCNC(=O)Cc1ccc(C#N)cc1. The summed E-state index contributed by atoms with van der Waals surface area (Å²) in [5.74, 6) is 1.24. The van der Waals surface area contributed by atoms with Gasteiger partial charge in [-0.1, -0.05) is 18.6 Å². The number of benzene rings is 1. The Bertz CT molecular complexity index is 423. The molecule has 0 unspecified atom stereocenters. The highest BCUT2D eigenvalue weighted by Gasteiger charge is 2.02. The molecule has 0 bridgehead atoms. The Hall–Kier alpha value is -1.47. The van der Waals surface area contributed by atoms with Crippen LogP contribution in [0.3, 0.4) is 0 Å². The molecule has 0 aromatic heterocycles. The van der Waals surface area contributed by atoms with Gasteiger partial charge in [-0.2, -0.15) is 17.0 Å². The van der Waals surface area contributed by atoms with Crippen LogP contribution in [0.15, 0.2) is 24.3 Å². The van der Waals surface area contributed by atoms with E-state index < -0.39 is 0 Å². The van der Waals surface area contributed by atoms with Crippen LogP contribution in [0.2, 0.25) is 0 Å². The molecule has 102 valence electrons. The number of nitriles is 1. The number of thioether (sulfide) groups is 1. The van der Waals surface area contributed by atoms with Crippen LogP contribution in [-0.2, 0) is 11.2 Å². The fourth-order valence-corrected chi connectivity index (χ4v) is 2.21. The first kappa shape index (κ1) is 15.6. The molecule has 19 heavy (non-hydrogen) atoms. The number of carbonyl (C=O) groups excluding carboxylic acids is 1. The fraction of sp³-hybridized carbons (Fsp3) is 0.467. The second-order valence-corrected chi connectivity index (χ2v) is 5.37. The first-order valence-corrected chi connectivity index (χ1v) is 7.90. The van der Waals surface area contributed by atoms with Crippen LogP contribution >= 0.6 is 11.8 Å². The zero-order chi connectivity index (χ0) is 13.9. The molecule has 0 atom stereocenters. The van der Waals surface area contributed by atoms with Crippen molar-refractivity contribution in [1.82, 2.24) is 5.32 Å². The van der Waals surface area contributed by atoms with Gasteiger partial charge < -0.3 is 5.32 Å². The third kappa shape index (κ3) is 6.88. The highest BCUT2D eigenvalue weighted by Crippen LogP contribution is 2.04. The summed E-state index contributed by atoms with van der Waals surface area (Å²) in [4.78, 5) is 11.7. The Morgan fingerprint density at radius 3 is 2.63 bits per heavy atom. The van der Waals surface area contributed by atoms with Gasteiger partial charge in [0.1, 0.15) is 0 Å². The normalized spacial score (nSPS) is 9.89. The second-order valence-electron chi connectivity index (χ2n) is 4.39. The molecular weight excluding hydrogens is 256 g/mol. The van der Waals surface area contributed by atoms with Gasteiger partial charge in [0.2, 0.25) is 5.91 Å². The molecule has 1 rings (SSSR count). The van der Waals surface area contributed by atoms with Crippen molar-refractivity contribution in [2.45, 2.75) is 25.7 Å². The molecule has 1 amide bonds. The lowest BCUT2D eigenvalue weighted by atomic mass is 10.1. The standard InChI is InChI=1S/C15H20N2OS/c1-19-10-4-2-3-9-17-15(18)11-13-5-7-14(12-16)8-6-13/h5-8H,2-4,9-11H2,1H3,(H,17,18). The van der Waals surface area contributed by atoms with E-state index in [-0.39, 0.29) is 5.91 Å². The summed E-state index contributed by atoms with van der Waals surface area (Å²) in [5, 5.41) is 11.6. The summed E-state index contributed by atoms with van der Waals surface area (Å²) in [5.41, 5.74) is 1.57. The van der Waals surface area contributed by atoms with E-state index in [1.807, 2.05) is 23.9 Å². The van der Waals surface area contributed by atoms with Crippen molar-refractivity contribution in [3.63, 3.8) is 0 Å². The van der Waals surface area contributed by atoms with Crippen molar-refractivity contribution in [3.8, 4) is 6.07 Å². The maximum absolute atomic E-state index is 11.7. The molecule has 1 aromatic rings. The number of carbonyl (C=O) groups is 1. The lowest BCUT2D eigenvalue weighted by Gasteiger charge is -2.05. The first-order chi connectivity index (χ1) is 9.26. The predicted molar refractivity (Wildman–Crippen MR) is 80.1 cm³/mol. The van der Waals surface area contributed by atoms with E-state index in [0.717, 1.165) is 24.9 Å². The van der Waals surface area contributed by atoms with E-state index in [1.54, 1.807) is 12.1 Å². The summed E-state index contributed by atoms with van der Waals surface area (Å²) in [7, 11) is 0. The van der Waals surface area contributed by atoms with E-state index in [0.29, 0.717) is 12.0 Å². The Balaban J connectivity index is 2.18. The molecule has 0 spiro atoms. The van der Waals surface area contributed by atoms with E-state index >= 15 is 0 Å². The predicted octanol–water partition coefficient (Wildman–Crippen LogP) is 2.75. The zero-order valence-corrected chi connectivity index (χ0v) is 12.1. The molecule has 0 aliphatic rings.